The van der Waals surface area contributed by atoms with Gasteiger partial charge in [-0.15, -0.1) is 0 Å². The van der Waals surface area contributed by atoms with Crippen molar-refractivity contribution < 1.29 is 0 Å². The predicted molar refractivity (Wildman–Crippen MR) is 73.3 cm³/mol. The molecule has 0 amide bonds. The summed E-state index contributed by atoms with van der Waals surface area (Å²) < 4.78 is 4.41. The first-order chi connectivity index (χ1) is 6.98. The van der Waals surface area contributed by atoms with E-state index in [0.29, 0.717) is 0 Å². The van der Waals surface area contributed by atoms with Gasteiger partial charge in [0, 0.05) is 16.5 Å². The third kappa shape index (κ3) is 2.32. The Balaban J connectivity index is 3.31. The van der Waals surface area contributed by atoms with Gasteiger partial charge in [-0.2, -0.15) is 0 Å². The molecule has 1 heterocycles. The van der Waals surface area contributed by atoms with Crippen LogP contribution in [0.1, 0.15) is 65.8 Å². The van der Waals surface area contributed by atoms with Gasteiger partial charge in [0.1, 0.15) is 0 Å². The zero-order valence-corrected chi connectivity index (χ0v) is 12.7. The summed E-state index contributed by atoms with van der Waals surface area (Å²) in [6.45, 7) is 18.4. The number of rotatable bonds is 1. The molecule has 0 aliphatic rings. The third-order valence-corrected chi connectivity index (χ3v) is 4.94. The standard InChI is InChI=1S/C14H25NS/c1-12(2,3)10-9-15-16-11(10)14(7,8)13(4,5)6/h9H,1-8H3. The molecular formula is C14H25NS. The molecule has 1 aromatic heterocycles. The highest BCUT2D eigenvalue weighted by Gasteiger charge is 2.39. The van der Waals surface area contributed by atoms with Crippen molar-refractivity contribution in [1.29, 1.82) is 0 Å². The molecule has 0 aliphatic heterocycles. The molecule has 0 saturated heterocycles. The summed E-state index contributed by atoms with van der Waals surface area (Å²) in [7, 11) is 0. The van der Waals surface area contributed by atoms with Crippen molar-refractivity contribution in [1.82, 2.24) is 4.37 Å². The van der Waals surface area contributed by atoms with Gasteiger partial charge in [-0.25, -0.2) is 4.37 Å². The highest BCUT2D eigenvalue weighted by molar-refractivity contribution is 7.06. The number of nitrogens with zero attached hydrogens (tertiary/aromatic N) is 1. The van der Waals surface area contributed by atoms with Crippen LogP contribution in [0, 0.1) is 5.41 Å². The zero-order valence-electron chi connectivity index (χ0n) is 11.9. The van der Waals surface area contributed by atoms with Crippen molar-refractivity contribution in [2.24, 2.45) is 5.41 Å². The Morgan fingerprint density at radius 1 is 0.938 bits per heavy atom. The van der Waals surface area contributed by atoms with Gasteiger partial charge in [-0.1, -0.05) is 55.4 Å². The molecule has 1 aromatic rings. The van der Waals surface area contributed by atoms with E-state index in [0.717, 1.165) is 0 Å². The van der Waals surface area contributed by atoms with Gasteiger partial charge in [0.2, 0.25) is 0 Å². The largest absolute Gasteiger partial charge is 0.201 e. The molecule has 2 heteroatoms. The van der Waals surface area contributed by atoms with Crippen LogP contribution in [0.2, 0.25) is 0 Å². The van der Waals surface area contributed by atoms with E-state index in [9.17, 15) is 0 Å². The maximum Gasteiger partial charge on any atom is 0.0447 e. The van der Waals surface area contributed by atoms with Crippen molar-refractivity contribution in [3.8, 4) is 0 Å². The summed E-state index contributed by atoms with van der Waals surface area (Å²) in [5.74, 6) is 0. The first kappa shape index (κ1) is 13.7. The lowest BCUT2D eigenvalue weighted by atomic mass is 9.66. The number of hydrogen-bond donors (Lipinski definition) is 0. The van der Waals surface area contributed by atoms with Gasteiger partial charge >= 0.3 is 0 Å². The van der Waals surface area contributed by atoms with Crippen LogP contribution in [0.5, 0.6) is 0 Å². The lowest BCUT2D eigenvalue weighted by Gasteiger charge is -2.40. The summed E-state index contributed by atoms with van der Waals surface area (Å²) in [6, 6.07) is 0. The molecule has 1 nitrogen and oxygen atoms in total. The van der Waals surface area contributed by atoms with Crippen molar-refractivity contribution in [3.63, 3.8) is 0 Å². The van der Waals surface area contributed by atoms with Gasteiger partial charge in [-0.05, 0) is 27.9 Å². The topological polar surface area (TPSA) is 12.9 Å². The molecule has 0 unspecified atom stereocenters. The Kier molecular flexibility index (Phi) is 3.28. The first-order valence-corrected chi connectivity index (χ1v) is 6.71. The lowest BCUT2D eigenvalue weighted by Crippen LogP contribution is -2.35. The maximum absolute atomic E-state index is 4.41. The summed E-state index contributed by atoms with van der Waals surface area (Å²) >= 11 is 1.66. The Hall–Kier alpha value is -0.370. The van der Waals surface area contributed by atoms with Crippen LogP contribution >= 0.6 is 11.5 Å². The normalized spacial score (nSPS) is 14.2. The second kappa shape index (κ2) is 3.83. The van der Waals surface area contributed by atoms with E-state index in [-0.39, 0.29) is 16.2 Å². The monoisotopic (exact) mass is 239 g/mol. The Bertz CT molecular complexity index is 361. The number of aromatic nitrogens is 1. The fraction of sp³-hybridized carbons (Fsp3) is 0.786. The van der Waals surface area contributed by atoms with Crippen molar-refractivity contribution in [3.05, 3.63) is 16.6 Å². The van der Waals surface area contributed by atoms with Crippen LogP contribution in [0.25, 0.3) is 0 Å². The second-order valence-electron chi connectivity index (χ2n) is 7.19. The Labute approximate surface area is 104 Å². The van der Waals surface area contributed by atoms with Gasteiger partial charge in [-0.3, -0.25) is 0 Å². The average Bonchev–Trinajstić information content (AvgIpc) is 2.47. The Morgan fingerprint density at radius 3 is 1.81 bits per heavy atom. The van der Waals surface area contributed by atoms with Crippen molar-refractivity contribution in [2.75, 3.05) is 0 Å². The summed E-state index contributed by atoms with van der Waals surface area (Å²) in [5.41, 5.74) is 2.00. The van der Waals surface area contributed by atoms with Gasteiger partial charge in [0.25, 0.3) is 0 Å². The minimum atomic E-state index is 0.163. The molecule has 0 bridgehead atoms. The first-order valence-electron chi connectivity index (χ1n) is 5.93. The number of hydrogen-bond acceptors (Lipinski definition) is 2. The Morgan fingerprint density at radius 2 is 1.44 bits per heavy atom. The molecule has 0 aromatic carbocycles. The predicted octanol–water partition coefficient (Wildman–Crippen LogP) is 4.76. The molecule has 0 fully saturated rings. The van der Waals surface area contributed by atoms with Gasteiger partial charge in [0.05, 0.1) is 0 Å². The highest BCUT2D eigenvalue weighted by atomic mass is 32.1. The second-order valence-corrected chi connectivity index (χ2v) is 8.00. The maximum atomic E-state index is 4.41. The van der Waals surface area contributed by atoms with E-state index in [1.54, 1.807) is 11.5 Å². The van der Waals surface area contributed by atoms with Gasteiger partial charge in [0.15, 0.2) is 0 Å². The minimum Gasteiger partial charge on any atom is -0.201 e. The minimum absolute atomic E-state index is 0.163. The van der Waals surface area contributed by atoms with Crippen LogP contribution in [0.3, 0.4) is 0 Å². The lowest BCUT2D eigenvalue weighted by molar-refractivity contribution is 0.227. The molecule has 92 valence electrons. The van der Waals surface area contributed by atoms with E-state index in [2.05, 4.69) is 59.8 Å². The molecule has 0 radical (unpaired) electrons. The van der Waals surface area contributed by atoms with E-state index >= 15 is 0 Å². The SMILES string of the molecule is CC(C)(C)c1cnsc1C(C)(C)C(C)(C)C. The quantitative estimate of drug-likeness (QED) is 0.688. The fourth-order valence-electron chi connectivity index (χ4n) is 1.57. The third-order valence-electron chi connectivity index (χ3n) is 3.82. The zero-order chi connectivity index (χ0) is 12.8. The van der Waals surface area contributed by atoms with Crippen LogP contribution in [0.4, 0.5) is 0 Å². The molecule has 0 atom stereocenters. The molecule has 0 N–H and O–H groups in total. The van der Waals surface area contributed by atoms with E-state index in [1.807, 2.05) is 6.20 Å². The summed E-state index contributed by atoms with van der Waals surface area (Å²) in [6.07, 6.45) is 2.05. The summed E-state index contributed by atoms with van der Waals surface area (Å²) in [5, 5.41) is 0. The molecule has 16 heavy (non-hydrogen) atoms. The van der Waals surface area contributed by atoms with Crippen molar-refractivity contribution in [2.45, 2.75) is 66.2 Å². The molecule has 0 spiro atoms. The fourth-order valence-corrected chi connectivity index (χ4v) is 2.82. The summed E-state index contributed by atoms with van der Waals surface area (Å²) in [4.78, 5) is 1.44. The van der Waals surface area contributed by atoms with E-state index < -0.39 is 0 Å². The van der Waals surface area contributed by atoms with Crippen molar-refractivity contribution >= 4 is 11.5 Å². The van der Waals surface area contributed by atoms with E-state index in [1.165, 1.54) is 10.4 Å². The van der Waals surface area contributed by atoms with E-state index in [4.69, 9.17) is 0 Å². The van der Waals surface area contributed by atoms with Gasteiger partial charge < -0.3 is 0 Å². The highest BCUT2D eigenvalue weighted by Crippen LogP contribution is 2.46. The smallest absolute Gasteiger partial charge is 0.0447 e. The molecular weight excluding hydrogens is 214 g/mol. The van der Waals surface area contributed by atoms with Crippen LogP contribution in [-0.2, 0) is 10.8 Å². The molecule has 0 saturated carbocycles. The molecule has 0 aliphatic carbocycles. The van der Waals surface area contributed by atoms with Crippen LogP contribution < -0.4 is 0 Å². The molecule has 1 rings (SSSR count). The van der Waals surface area contributed by atoms with Crippen LogP contribution in [0.15, 0.2) is 6.20 Å². The van der Waals surface area contributed by atoms with Crippen LogP contribution in [-0.4, -0.2) is 4.37 Å². The average molecular weight is 239 g/mol.